The summed E-state index contributed by atoms with van der Waals surface area (Å²) >= 11 is 0. The summed E-state index contributed by atoms with van der Waals surface area (Å²) in [5.41, 5.74) is 0. The minimum atomic E-state index is -4.56. The van der Waals surface area contributed by atoms with E-state index in [4.69, 9.17) is 0 Å². The highest BCUT2D eigenvalue weighted by molar-refractivity contribution is 5.92. The number of ketones is 1. The average Bonchev–Trinajstić information content (AvgIpc) is 2.92. The van der Waals surface area contributed by atoms with E-state index >= 15 is 0 Å². The molecule has 1 heterocycles. The summed E-state index contributed by atoms with van der Waals surface area (Å²) in [7, 11) is 2.21. The molecule has 11 heteroatoms. The van der Waals surface area contributed by atoms with Gasteiger partial charge in [-0.05, 0) is 5.92 Å². The summed E-state index contributed by atoms with van der Waals surface area (Å²) in [4.78, 5) is 36.5. The maximum absolute atomic E-state index is 12.8. The Morgan fingerprint density at radius 1 is 1.24 bits per heavy atom. The largest absolute Gasteiger partial charge is 0.468 e. The van der Waals surface area contributed by atoms with Crippen LogP contribution < -0.4 is 10.6 Å². The van der Waals surface area contributed by atoms with E-state index in [0.717, 1.165) is 19.1 Å². The lowest BCUT2D eigenvalue weighted by Crippen LogP contribution is -2.56. The number of alkyl halides is 3. The Hall–Kier alpha value is -1.88. The number of ether oxygens (including phenoxy) is 2. The van der Waals surface area contributed by atoms with Gasteiger partial charge in [0.1, 0.15) is 12.2 Å². The number of carbonyl (C=O) groups excluding carboxylic acids is 3. The normalized spacial score (nSPS) is 22.6. The van der Waals surface area contributed by atoms with Crippen molar-refractivity contribution in [3.8, 4) is 0 Å². The summed E-state index contributed by atoms with van der Waals surface area (Å²) in [6.07, 6.45) is -6.83. The zero-order valence-electron chi connectivity index (χ0n) is 14.3. The van der Waals surface area contributed by atoms with Crippen molar-refractivity contribution in [2.45, 2.75) is 38.3 Å². The van der Waals surface area contributed by atoms with Crippen LogP contribution in [0.5, 0.6) is 0 Å². The molecule has 1 aliphatic heterocycles. The molecule has 0 aromatic rings. The van der Waals surface area contributed by atoms with Gasteiger partial charge >= 0.3 is 18.2 Å². The number of alkyl carbamates (subject to hydrolysis) is 1. The number of Topliss-reactive ketones (excluding diaryl/α,β-unsaturated/α-hetero) is 1. The van der Waals surface area contributed by atoms with Crippen molar-refractivity contribution in [3.05, 3.63) is 0 Å². The van der Waals surface area contributed by atoms with Crippen molar-refractivity contribution in [2.75, 3.05) is 27.3 Å². The second kappa shape index (κ2) is 8.48. The first kappa shape index (κ1) is 21.2. The first-order valence-electron chi connectivity index (χ1n) is 7.53. The number of hydrogen-bond acceptors (Lipinski definition) is 7. The van der Waals surface area contributed by atoms with E-state index in [1.54, 1.807) is 13.8 Å². The molecule has 0 spiro atoms. The van der Waals surface area contributed by atoms with E-state index in [1.165, 1.54) is 0 Å². The van der Waals surface area contributed by atoms with E-state index in [2.05, 4.69) is 20.1 Å². The van der Waals surface area contributed by atoms with Gasteiger partial charge < -0.3 is 14.8 Å². The van der Waals surface area contributed by atoms with Crippen LogP contribution in [0.3, 0.4) is 0 Å². The Kier molecular flexibility index (Phi) is 7.17. The standard InChI is InChI=1S/C14H22F3N3O5/c1-7(2)9(19-13(23)25-4)10(21)11-18-8(12(22)24-3)5-20(11)6-14(15,16)17/h7-9,11,18H,5-6H2,1-4H3,(H,19,23). The number of amides is 1. The highest BCUT2D eigenvalue weighted by Crippen LogP contribution is 2.22. The number of nitrogens with zero attached hydrogens (tertiary/aromatic N) is 1. The number of hydrogen-bond donors (Lipinski definition) is 2. The SMILES string of the molecule is COC(=O)NC(C(=O)C1NC(C(=O)OC)CN1CC(F)(F)F)C(C)C. The molecule has 0 radical (unpaired) electrons. The average molecular weight is 369 g/mol. The Labute approximate surface area is 143 Å². The summed E-state index contributed by atoms with van der Waals surface area (Å²) in [5.74, 6) is -1.88. The summed E-state index contributed by atoms with van der Waals surface area (Å²) in [6.45, 7) is 1.53. The minimum absolute atomic E-state index is 0.342. The molecule has 0 bridgehead atoms. The lowest BCUT2D eigenvalue weighted by atomic mass is 9.98. The van der Waals surface area contributed by atoms with Gasteiger partial charge in [0.05, 0.1) is 26.8 Å². The number of esters is 1. The fraction of sp³-hybridized carbons (Fsp3) is 0.786. The van der Waals surface area contributed by atoms with Crippen LogP contribution in [-0.4, -0.2) is 74.5 Å². The Morgan fingerprint density at radius 3 is 2.28 bits per heavy atom. The third kappa shape index (κ3) is 5.85. The third-order valence-electron chi connectivity index (χ3n) is 3.71. The van der Waals surface area contributed by atoms with Crippen molar-refractivity contribution in [2.24, 2.45) is 5.92 Å². The van der Waals surface area contributed by atoms with Crippen LogP contribution in [-0.2, 0) is 19.1 Å². The van der Waals surface area contributed by atoms with Gasteiger partial charge in [0.2, 0.25) is 0 Å². The van der Waals surface area contributed by atoms with Crippen molar-refractivity contribution < 1.29 is 37.0 Å². The first-order valence-corrected chi connectivity index (χ1v) is 7.53. The molecular weight excluding hydrogens is 347 g/mol. The highest BCUT2D eigenvalue weighted by Gasteiger charge is 2.46. The lowest BCUT2D eigenvalue weighted by molar-refractivity contribution is -0.153. The Bertz CT molecular complexity index is 512. The van der Waals surface area contributed by atoms with Crippen LogP contribution in [0.15, 0.2) is 0 Å². The van der Waals surface area contributed by atoms with Crippen LogP contribution >= 0.6 is 0 Å². The second-order valence-corrected chi connectivity index (χ2v) is 5.95. The quantitative estimate of drug-likeness (QED) is 0.649. The van der Waals surface area contributed by atoms with Gasteiger partial charge in [-0.3, -0.25) is 19.8 Å². The molecule has 8 nitrogen and oxygen atoms in total. The summed E-state index contributed by atoms with van der Waals surface area (Å²) < 4.78 is 47.3. The predicted octanol–water partition coefficient (Wildman–Crippen LogP) is 0.271. The van der Waals surface area contributed by atoms with Gasteiger partial charge in [-0.15, -0.1) is 0 Å². The van der Waals surface area contributed by atoms with Crippen LogP contribution in [0.25, 0.3) is 0 Å². The van der Waals surface area contributed by atoms with E-state index in [0.29, 0.717) is 0 Å². The molecule has 0 aromatic carbocycles. The molecular formula is C14H22F3N3O5. The van der Waals surface area contributed by atoms with Crippen LogP contribution in [0.4, 0.5) is 18.0 Å². The maximum atomic E-state index is 12.8. The molecule has 25 heavy (non-hydrogen) atoms. The van der Waals surface area contributed by atoms with E-state index < -0.39 is 54.7 Å². The Balaban J connectivity index is 3.02. The molecule has 0 saturated carbocycles. The monoisotopic (exact) mass is 369 g/mol. The van der Waals surface area contributed by atoms with Gasteiger partial charge in [0, 0.05) is 6.54 Å². The van der Waals surface area contributed by atoms with Gasteiger partial charge in [-0.2, -0.15) is 13.2 Å². The number of methoxy groups -OCH3 is 2. The van der Waals surface area contributed by atoms with Crippen LogP contribution in [0.1, 0.15) is 13.8 Å². The molecule has 1 saturated heterocycles. The molecule has 1 aliphatic rings. The number of nitrogens with one attached hydrogen (secondary N) is 2. The zero-order valence-corrected chi connectivity index (χ0v) is 14.3. The van der Waals surface area contributed by atoms with Crippen molar-refractivity contribution >= 4 is 17.8 Å². The van der Waals surface area contributed by atoms with Gasteiger partial charge in [0.25, 0.3) is 0 Å². The van der Waals surface area contributed by atoms with Crippen molar-refractivity contribution in [1.82, 2.24) is 15.5 Å². The topological polar surface area (TPSA) is 97.0 Å². The molecule has 1 fully saturated rings. The molecule has 0 aromatic heterocycles. The van der Waals surface area contributed by atoms with Gasteiger partial charge in [0.15, 0.2) is 5.78 Å². The Morgan fingerprint density at radius 2 is 1.84 bits per heavy atom. The highest BCUT2D eigenvalue weighted by atomic mass is 19.4. The van der Waals surface area contributed by atoms with Crippen LogP contribution in [0, 0.1) is 5.92 Å². The van der Waals surface area contributed by atoms with Crippen molar-refractivity contribution in [3.63, 3.8) is 0 Å². The molecule has 144 valence electrons. The molecule has 1 rings (SSSR count). The maximum Gasteiger partial charge on any atom is 0.407 e. The second-order valence-electron chi connectivity index (χ2n) is 5.95. The molecule has 0 aliphatic carbocycles. The van der Waals surface area contributed by atoms with Crippen LogP contribution in [0.2, 0.25) is 0 Å². The fourth-order valence-electron chi connectivity index (χ4n) is 2.54. The first-order chi connectivity index (χ1) is 11.5. The van der Waals surface area contributed by atoms with Gasteiger partial charge in [-0.25, -0.2) is 4.79 Å². The van der Waals surface area contributed by atoms with Crippen molar-refractivity contribution in [1.29, 1.82) is 0 Å². The minimum Gasteiger partial charge on any atom is -0.468 e. The molecule has 2 N–H and O–H groups in total. The number of halogens is 3. The third-order valence-corrected chi connectivity index (χ3v) is 3.71. The fourth-order valence-corrected chi connectivity index (χ4v) is 2.54. The predicted molar refractivity (Wildman–Crippen MR) is 79.5 cm³/mol. The molecule has 1 amide bonds. The number of carbonyl (C=O) groups is 3. The van der Waals surface area contributed by atoms with E-state index in [-0.39, 0.29) is 6.54 Å². The smallest absolute Gasteiger partial charge is 0.407 e. The summed E-state index contributed by atoms with van der Waals surface area (Å²) in [6, 6.07) is -2.16. The number of rotatable bonds is 6. The lowest BCUT2D eigenvalue weighted by Gasteiger charge is -2.29. The zero-order chi connectivity index (χ0) is 19.4. The van der Waals surface area contributed by atoms with E-state index in [1.807, 2.05) is 0 Å². The van der Waals surface area contributed by atoms with E-state index in [9.17, 15) is 27.6 Å². The van der Waals surface area contributed by atoms with Gasteiger partial charge in [-0.1, -0.05) is 13.8 Å². The molecule has 3 atom stereocenters. The molecule has 3 unspecified atom stereocenters. The summed E-state index contributed by atoms with van der Waals surface area (Å²) in [5, 5.41) is 4.86.